The summed E-state index contributed by atoms with van der Waals surface area (Å²) in [4.78, 5) is 7.24. The fraction of sp³-hybridized carbons (Fsp3) is 0.133. The molecule has 0 aliphatic rings. The number of nitrogens with zero attached hydrogens (tertiary/aromatic N) is 1. The third-order valence-electron chi connectivity index (χ3n) is 3.18. The highest BCUT2D eigenvalue weighted by atomic mass is 16.3. The summed E-state index contributed by atoms with van der Waals surface area (Å²) in [6.45, 7) is 0. The van der Waals surface area contributed by atoms with Crippen LogP contribution in [-0.4, -0.2) is 15.1 Å². The van der Waals surface area contributed by atoms with Crippen LogP contribution in [0.1, 0.15) is 11.1 Å². The molecular formula is C15H14N2O. The van der Waals surface area contributed by atoms with Gasteiger partial charge in [-0.05, 0) is 54.3 Å². The third kappa shape index (κ3) is 2.07. The molecule has 3 rings (SSSR count). The van der Waals surface area contributed by atoms with Crippen molar-refractivity contribution in [3.63, 3.8) is 0 Å². The summed E-state index contributed by atoms with van der Waals surface area (Å²) >= 11 is 0. The molecule has 1 aromatic carbocycles. The number of aromatic amines is 1. The van der Waals surface area contributed by atoms with Crippen molar-refractivity contribution in [1.82, 2.24) is 9.97 Å². The maximum atomic E-state index is 9.54. The van der Waals surface area contributed by atoms with E-state index in [1.807, 2.05) is 42.9 Å². The zero-order chi connectivity index (χ0) is 12.4. The molecule has 3 aromatic rings. The topological polar surface area (TPSA) is 48.9 Å². The van der Waals surface area contributed by atoms with E-state index >= 15 is 0 Å². The Labute approximate surface area is 105 Å². The van der Waals surface area contributed by atoms with Crippen LogP contribution in [0.5, 0.6) is 5.75 Å². The number of pyridine rings is 1. The van der Waals surface area contributed by atoms with E-state index in [9.17, 15) is 5.11 Å². The Bertz CT molecular complexity index is 659. The smallest absolute Gasteiger partial charge is 0.116 e. The van der Waals surface area contributed by atoms with E-state index in [1.165, 1.54) is 11.1 Å². The largest absolute Gasteiger partial charge is 0.508 e. The second-order valence-corrected chi connectivity index (χ2v) is 4.40. The summed E-state index contributed by atoms with van der Waals surface area (Å²) < 4.78 is 0. The molecule has 0 amide bonds. The third-order valence-corrected chi connectivity index (χ3v) is 3.18. The summed E-state index contributed by atoms with van der Waals surface area (Å²) in [6.07, 6.45) is 7.58. The van der Waals surface area contributed by atoms with E-state index in [2.05, 4.69) is 9.97 Å². The molecule has 2 N–H and O–H groups in total. The average molecular weight is 238 g/mol. The number of H-pyrrole nitrogens is 1. The van der Waals surface area contributed by atoms with E-state index in [0.717, 1.165) is 23.7 Å². The van der Waals surface area contributed by atoms with Gasteiger partial charge in [-0.1, -0.05) is 0 Å². The average Bonchev–Trinajstić information content (AvgIpc) is 2.80. The van der Waals surface area contributed by atoms with E-state index in [-0.39, 0.29) is 0 Å². The molecule has 0 saturated heterocycles. The molecule has 90 valence electrons. The fourth-order valence-electron chi connectivity index (χ4n) is 2.20. The van der Waals surface area contributed by atoms with Crippen LogP contribution in [-0.2, 0) is 12.8 Å². The maximum Gasteiger partial charge on any atom is 0.116 e. The summed E-state index contributed by atoms with van der Waals surface area (Å²) in [5.74, 6) is 0.312. The maximum absolute atomic E-state index is 9.54. The number of aromatic nitrogens is 2. The van der Waals surface area contributed by atoms with Gasteiger partial charge in [-0.2, -0.15) is 0 Å². The van der Waals surface area contributed by atoms with Crippen molar-refractivity contribution in [3.05, 3.63) is 60.0 Å². The Hall–Kier alpha value is -2.29. The first kappa shape index (κ1) is 10.8. The van der Waals surface area contributed by atoms with Gasteiger partial charge in [0.15, 0.2) is 0 Å². The Morgan fingerprint density at radius 2 is 1.89 bits per heavy atom. The summed E-state index contributed by atoms with van der Waals surface area (Å²) in [7, 11) is 0. The number of nitrogens with one attached hydrogen (secondary N) is 1. The first-order valence-corrected chi connectivity index (χ1v) is 6.01. The van der Waals surface area contributed by atoms with Crippen molar-refractivity contribution in [1.29, 1.82) is 0 Å². The van der Waals surface area contributed by atoms with Crippen molar-refractivity contribution >= 4 is 10.9 Å². The molecule has 0 aliphatic carbocycles. The number of aromatic hydroxyl groups is 1. The molecule has 0 bridgehead atoms. The first-order chi connectivity index (χ1) is 8.83. The lowest BCUT2D eigenvalue weighted by atomic mass is 10.0. The highest BCUT2D eigenvalue weighted by Crippen LogP contribution is 2.23. The zero-order valence-electron chi connectivity index (χ0n) is 9.93. The number of benzene rings is 1. The van der Waals surface area contributed by atoms with Gasteiger partial charge >= 0.3 is 0 Å². The molecule has 3 heteroatoms. The number of hydrogen-bond acceptors (Lipinski definition) is 2. The number of aryl methyl sites for hydroxylation is 2. The molecule has 0 radical (unpaired) electrons. The summed E-state index contributed by atoms with van der Waals surface area (Å²) in [5, 5.41) is 10.6. The summed E-state index contributed by atoms with van der Waals surface area (Å²) in [6, 6.07) is 9.48. The van der Waals surface area contributed by atoms with Gasteiger partial charge in [0.2, 0.25) is 0 Å². The molecule has 2 heterocycles. The van der Waals surface area contributed by atoms with Crippen molar-refractivity contribution in [2.24, 2.45) is 0 Å². The molecule has 0 spiro atoms. The van der Waals surface area contributed by atoms with Crippen LogP contribution in [0.25, 0.3) is 10.9 Å². The SMILES string of the molecule is Oc1ccc2[nH]cc(CCc3ccncc3)c2c1. The van der Waals surface area contributed by atoms with Crippen LogP contribution >= 0.6 is 0 Å². The predicted molar refractivity (Wildman–Crippen MR) is 71.6 cm³/mol. The molecule has 0 aliphatic heterocycles. The Morgan fingerprint density at radius 3 is 2.72 bits per heavy atom. The molecule has 0 unspecified atom stereocenters. The van der Waals surface area contributed by atoms with Crippen molar-refractivity contribution in [2.45, 2.75) is 12.8 Å². The van der Waals surface area contributed by atoms with Crippen molar-refractivity contribution in [3.8, 4) is 5.75 Å². The lowest BCUT2D eigenvalue weighted by molar-refractivity contribution is 0.476. The van der Waals surface area contributed by atoms with Gasteiger partial charge in [0, 0.05) is 29.5 Å². The molecule has 18 heavy (non-hydrogen) atoms. The number of phenols is 1. The van der Waals surface area contributed by atoms with Crippen LogP contribution in [0.15, 0.2) is 48.9 Å². The molecule has 0 atom stereocenters. The second kappa shape index (κ2) is 4.53. The van der Waals surface area contributed by atoms with E-state index in [0.29, 0.717) is 5.75 Å². The predicted octanol–water partition coefficient (Wildman–Crippen LogP) is 3.05. The zero-order valence-corrected chi connectivity index (χ0v) is 9.93. The lowest BCUT2D eigenvalue weighted by Gasteiger charge is -2.00. The van der Waals surface area contributed by atoms with Crippen LogP contribution < -0.4 is 0 Å². The molecule has 3 nitrogen and oxygen atoms in total. The monoisotopic (exact) mass is 238 g/mol. The highest BCUT2D eigenvalue weighted by molar-refractivity contribution is 5.84. The van der Waals surface area contributed by atoms with Gasteiger partial charge in [-0.15, -0.1) is 0 Å². The second-order valence-electron chi connectivity index (χ2n) is 4.40. The number of fused-ring (bicyclic) bond motifs is 1. The van der Waals surface area contributed by atoms with Crippen LogP contribution in [0.2, 0.25) is 0 Å². The van der Waals surface area contributed by atoms with Gasteiger partial charge in [-0.3, -0.25) is 4.98 Å². The van der Waals surface area contributed by atoms with Crippen LogP contribution in [0.3, 0.4) is 0 Å². The van der Waals surface area contributed by atoms with E-state index in [4.69, 9.17) is 0 Å². The standard InChI is InChI=1S/C15H14N2O/c18-13-3-4-15-14(9-13)12(10-17-15)2-1-11-5-7-16-8-6-11/h3-10,17-18H,1-2H2. The molecular weight excluding hydrogens is 224 g/mol. The van der Waals surface area contributed by atoms with Gasteiger partial charge < -0.3 is 10.1 Å². The lowest BCUT2D eigenvalue weighted by Crippen LogP contribution is -1.90. The first-order valence-electron chi connectivity index (χ1n) is 6.01. The van der Waals surface area contributed by atoms with E-state index in [1.54, 1.807) is 6.07 Å². The van der Waals surface area contributed by atoms with Crippen molar-refractivity contribution in [2.75, 3.05) is 0 Å². The van der Waals surface area contributed by atoms with Crippen LogP contribution in [0.4, 0.5) is 0 Å². The number of hydrogen-bond donors (Lipinski definition) is 2. The number of rotatable bonds is 3. The number of phenolic OH excluding ortho intramolecular Hbond substituents is 1. The Kier molecular flexibility index (Phi) is 2.73. The quantitative estimate of drug-likeness (QED) is 0.736. The Balaban J connectivity index is 1.85. The van der Waals surface area contributed by atoms with Crippen molar-refractivity contribution < 1.29 is 5.11 Å². The Morgan fingerprint density at radius 1 is 1.06 bits per heavy atom. The van der Waals surface area contributed by atoms with Gasteiger partial charge in [0.05, 0.1) is 0 Å². The minimum Gasteiger partial charge on any atom is -0.508 e. The molecule has 0 saturated carbocycles. The summed E-state index contributed by atoms with van der Waals surface area (Å²) in [5.41, 5.74) is 3.58. The fourth-order valence-corrected chi connectivity index (χ4v) is 2.20. The van der Waals surface area contributed by atoms with E-state index < -0.39 is 0 Å². The van der Waals surface area contributed by atoms with Gasteiger partial charge in [0.1, 0.15) is 5.75 Å². The minimum atomic E-state index is 0.312. The highest BCUT2D eigenvalue weighted by Gasteiger charge is 2.04. The van der Waals surface area contributed by atoms with Gasteiger partial charge in [-0.25, -0.2) is 0 Å². The normalized spacial score (nSPS) is 10.9. The van der Waals surface area contributed by atoms with Gasteiger partial charge in [0.25, 0.3) is 0 Å². The minimum absolute atomic E-state index is 0.312. The molecule has 0 fully saturated rings. The molecule has 2 aromatic heterocycles. The van der Waals surface area contributed by atoms with Crippen LogP contribution in [0, 0.1) is 0 Å².